The van der Waals surface area contributed by atoms with Crippen LogP contribution in [0.5, 0.6) is 0 Å². The van der Waals surface area contributed by atoms with Gasteiger partial charge in [0.25, 0.3) is 0 Å². The van der Waals surface area contributed by atoms with E-state index in [0.717, 1.165) is 11.0 Å². The molecule has 0 aliphatic rings. The third-order valence-electron chi connectivity index (χ3n) is 1.11. The van der Waals surface area contributed by atoms with Crippen molar-refractivity contribution in [1.29, 1.82) is 0 Å². The smallest absolute Gasteiger partial charge is 0.0317 e. The van der Waals surface area contributed by atoms with Gasteiger partial charge in [-0.05, 0) is 17.7 Å². The van der Waals surface area contributed by atoms with Crippen LogP contribution in [0, 0.1) is 0 Å². The van der Waals surface area contributed by atoms with Crippen LogP contribution in [-0.2, 0) is 5.33 Å². The van der Waals surface area contributed by atoms with Gasteiger partial charge < -0.3 is 5.73 Å². The molecule has 1 aromatic carbocycles. The van der Waals surface area contributed by atoms with Crippen molar-refractivity contribution in [2.24, 2.45) is 0 Å². The van der Waals surface area contributed by atoms with Crippen molar-refractivity contribution in [3.8, 4) is 0 Å². The fourth-order valence-electron chi connectivity index (χ4n) is 0.676. The van der Waals surface area contributed by atoms with Crippen LogP contribution < -0.4 is 5.73 Å². The standard InChI is InChI=1S/C7H8BrN/c8-5-6-2-1-3-7(9)4-6/h1-4H,5,9H2. The highest BCUT2D eigenvalue weighted by molar-refractivity contribution is 9.08. The van der Waals surface area contributed by atoms with Crippen molar-refractivity contribution in [1.82, 2.24) is 0 Å². The van der Waals surface area contributed by atoms with E-state index in [0.29, 0.717) is 0 Å². The molecule has 2 heteroatoms. The second-order valence-corrected chi connectivity index (χ2v) is 2.44. The third kappa shape index (κ3) is 1.72. The number of nitrogen functional groups attached to an aromatic ring is 1. The highest BCUT2D eigenvalue weighted by atomic mass is 79.9. The fourth-order valence-corrected chi connectivity index (χ4v) is 1.03. The first-order valence-electron chi connectivity index (χ1n) is 2.73. The molecule has 0 radical (unpaired) electrons. The molecule has 0 atom stereocenters. The van der Waals surface area contributed by atoms with Crippen LogP contribution in [0.3, 0.4) is 0 Å². The summed E-state index contributed by atoms with van der Waals surface area (Å²) in [5.74, 6) is 0. The van der Waals surface area contributed by atoms with Gasteiger partial charge in [-0.2, -0.15) is 0 Å². The average Bonchev–Trinajstić information content (AvgIpc) is 1.88. The molecule has 2 N–H and O–H groups in total. The lowest BCUT2D eigenvalue weighted by molar-refractivity contribution is 1.44. The lowest BCUT2D eigenvalue weighted by atomic mass is 10.2. The Balaban J connectivity index is 2.94. The molecular formula is C7H8BrN. The summed E-state index contributed by atoms with van der Waals surface area (Å²) in [7, 11) is 0. The Bertz CT molecular complexity index is 198. The van der Waals surface area contributed by atoms with E-state index in [1.54, 1.807) is 0 Å². The van der Waals surface area contributed by atoms with Gasteiger partial charge >= 0.3 is 0 Å². The molecule has 0 saturated heterocycles. The van der Waals surface area contributed by atoms with E-state index in [2.05, 4.69) is 15.9 Å². The molecule has 0 bridgehead atoms. The Kier molecular flexibility index (Phi) is 2.11. The van der Waals surface area contributed by atoms with Gasteiger partial charge in [0.05, 0.1) is 0 Å². The third-order valence-corrected chi connectivity index (χ3v) is 1.75. The molecule has 0 unspecified atom stereocenters. The van der Waals surface area contributed by atoms with Crippen LogP contribution in [0.15, 0.2) is 24.3 Å². The molecule has 1 aromatic rings. The summed E-state index contributed by atoms with van der Waals surface area (Å²) < 4.78 is 0. The molecule has 0 spiro atoms. The van der Waals surface area contributed by atoms with E-state index in [4.69, 9.17) is 5.73 Å². The van der Waals surface area contributed by atoms with E-state index in [1.165, 1.54) is 5.56 Å². The predicted octanol–water partition coefficient (Wildman–Crippen LogP) is 2.16. The Morgan fingerprint density at radius 2 is 2.22 bits per heavy atom. The summed E-state index contributed by atoms with van der Waals surface area (Å²) in [6, 6.07) is 7.82. The number of anilines is 1. The fraction of sp³-hybridized carbons (Fsp3) is 0.143. The number of rotatable bonds is 1. The SMILES string of the molecule is Nc1cccc(CBr)c1. The van der Waals surface area contributed by atoms with E-state index in [9.17, 15) is 0 Å². The molecule has 0 fully saturated rings. The molecule has 0 amide bonds. The van der Waals surface area contributed by atoms with Crippen LogP contribution in [0.25, 0.3) is 0 Å². The first-order valence-corrected chi connectivity index (χ1v) is 3.85. The minimum absolute atomic E-state index is 0.826. The lowest BCUT2D eigenvalue weighted by Gasteiger charge is -1.94. The van der Waals surface area contributed by atoms with E-state index in [1.807, 2.05) is 24.3 Å². The number of benzene rings is 1. The number of alkyl halides is 1. The van der Waals surface area contributed by atoms with Crippen LogP contribution in [0.4, 0.5) is 5.69 Å². The molecule has 0 heterocycles. The largest absolute Gasteiger partial charge is 0.399 e. The van der Waals surface area contributed by atoms with Crippen molar-refractivity contribution >= 4 is 21.6 Å². The van der Waals surface area contributed by atoms with E-state index < -0.39 is 0 Å². The van der Waals surface area contributed by atoms with Crippen LogP contribution in [-0.4, -0.2) is 0 Å². The van der Waals surface area contributed by atoms with Gasteiger partial charge in [0.15, 0.2) is 0 Å². The average molecular weight is 186 g/mol. The second kappa shape index (κ2) is 2.87. The topological polar surface area (TPSA) is 26.0 Å². The van der Waals surface area contributed by atoms with Crippen LogP contribution in [0.1, 0.15) is 5.56 Å². The quantitative estimate of drug-likeness (QED) is 0.527. The normalized spacial score (nSPS) is 9.44. The summed E-state index contributed by atoms with van der Waals surface area (Å²) in [4.78, 5) is 0. The molecule has 1 rings (SSSR count). The van der Waals surface area contributed by atoms with Gasteiger partial charge in [-0.25, -0.2) is 0 Å². The second-order valence-electron chi connectivity index (χ2n) is 1.88. The van der Waals surface area contributed by atoms with Crippen LogP contribution in [0.2, 0.25) is 0 Å². The monoisotopic (exact) mass is 185 g/mol. The number of hydrogen-bond acceptors (Lipinski definition) is 1. The maximum absolute atomic E-state index is 5.51. The minimum Gasteiger partial charge on any atom is -0.399 e. The van der Waals surface area contributed by atoms with Crippen molar-refractivity contribution in [3.63, 3.8) is 0 Å². The molecule has 0 aromatic heterocycles. The first-order chi connectivity index (χ1) is 4.33. The highest BCUT2D eigenvalue weighted by Gasteiger charge is 1.87. The molecule has 0 saturated carbocycles. The summed E-state index contributed by atoms with van der Waals surface area (Å²) >= 11 is 3.34. The van der Waals surface area contributed by atoms with E-state index in [-0.39, 0.29) is 0 Å². The van der Waals surface area contributed by atoms with Crippen molar-refractivity contribution < 1.29 is 0 Å². The molecule has 9 heavy (non-hydrogen) atoms. The zero-order valence-corrected chi connectivity index (χ0v) is 6.56. The van der Waals surface area contributed by atoms with Gasteiger partial charge in [-0.1, -0.05) is 28.1 Å². The maximum Gasteiger partial charge on any atom is 0.0317 e. The number of halogens is 1. The predicted molar refractivity (Wildman–Crippen MR) is 43.5 cm³/mol. The summed E-state index contributed by atoms with van der Waals surface area (Å²) in [5, 5.41) is 0.873. The zero-order chi connectivity index (χ0) is 6.69. The Morgan fingerprint density at radius 3 is 2.67 bits per heavy atom. The Hall–Kier alpha value is -0.500. The Labute approximate surface area is 63.0 Å². The first kappa shape index (κ1) is 6.62. The summed E-state index contributed by atoms with van der Waals surface area (Å²) in [5.41, 5.74) is 7.56. The molecule has 1 nitrogen and oxygen atoms in total. The molecule has 48 valence electrons. The highest BCUT2D eigenvalue weighted by Crippen LogP contribution is 2.08. The number of hydrogen-bond donors (Lipinski definition) is 1. The number of nitrogens with two attached hydrogens (primary N) is 1. The summed E-state index contributed by atoms with van der Waals surface area (Å²) in [6.07, 6.45) is 0. The van der Waals surface area contributed by atoms with Crippen LogP contribution >= 0.6 is 15.9 Å². The minimum atomic E-state index is 0.826. The van der Waals surface area contributed by atoms with Crippen molar-refractivity contribution in [2.45, 2.75) is 5.33 Å². The van der Waals surface area contributed by atoms with Gasteiger partial charge in [-0.15, -0.1) is 0 Å². The zero-order valence-electron chi connectivity index (χ0n) is 4.97. The maximum atomic E-state index is 5.51. The van der Waals surface area contributed by atoms with Crippen molar-refractivity contribution in [2.75, 3.05) is 5.73 Å². The van der Waals surface area contributed by atoms with E-state index >= 15 is 0 Å². The molecular weight excluding hydrogens is 178 g/mol. The molecule has 0 aliphatic heterocycles. The van der Waals surface area contributed by atoms with Crippen molar-refractivity contribution in [3.05, 3.63) is 29.8 Å². The Morgan fingerprint density at radius 1 is 1.44 bits per heavy atom. The van der Waals surface area contributed by atoms with Gasteiger partial charge in [0, 0.05) is 11.0 Å². The summed E-state index contributed by atoms with van der Waals surface area (Å²) in [6.45, 7) is 0. The van der Waals surface area contributed by atoms with Gasteiger partial charge in [-0.3, -0.25) is 0 Å². The lowest BCUT2D eigenvalue weighted by Crippen LogP contribution is -1.84. The van der Waals surface area contributed by atoms with Gasteiger partial charge in [0.1, 0.15) is 0 Å². The van der Waals surface area contributed by atoms with Gasteiger partial charge in [0.2, 0.25) is 0 Å². The molecule has 0 aliphatic carbocycles.